The molecule has 0 spiro atoms. The van der Waals surface area contributed by atoms with E-state index in [1.165, 1.54) is 35.5 Å². The van der Waals surface area contributed by atoms with Crippen LogP contribution in [0.4, 0.5) is 23.4 Å². The molecule has 5 rings (SSSR count). The molecule has 1 unspecified atom stereocenters. The fourth-order valence-corrected chi connectivity index (χ4v) is 6.08. The van der Waals surface area contributed by atoms with Crippen LogP contribution in [-0.2, 0) is 10.0 Å². The van der Waals surface area contributed by atoms with Crippen molar-refractivity contribution in [1.29, 1.82) is 0 Å². The Kier molecular flexibility index (Phi) is 7.25. The van der Waals surface area contributed by atoms with E-state index in [-0.39, 0.29) is 45.9 Å². The summed E-state index contributed by atoms with van der Waals surface area (Å²) in [6.45, 7) is 1.14. The number of fused-ring (bicyclic) bond motifs is 1. The summed E-state index contributed by atoms with van der Waals surface area (Å²) in [5, 5.41) is 3.46. The number of nitrogens with zero attached hydrogens (tertiary/aromatic N) is 5. The summed E-state index contributed by atoms with van der Waals surface area (Å²) in [7, 11) is -4.08. The highest BCUT2D eigenvalue weighted by atomic mass is 35.5. The van der Waals surface area contributed by atoms with Crippen LogP contribution in [0.1, 0.15) is 18.4 Å². The smallest absolute Gasteiger partial charge is 0.363 e. The summed E-state index contributed by atoms with van der Waals surface area (Å²) in [6.07, 6.45) is 0.228. The number of likely N-dealkylation sites (tertiary alicyclic amines) is 1. The first kappa shape index (κ1) is 27.3. The maximum atomic E-state index is 14.7. The van der Waals surface area contributed by atoms with Crippen LogP contribution in [0, 0.1) is 12.7 Å². The van der Waals surface area contributed by atoms with Gasteiger partial charge in [-0.15, -0.1) is 0 Å². The van der Waals surface area contributed by atoms with E-state index in [4.69, 9.17) is 11.6 Å². The Labute approximate surface area is 226 Å². The number of alkyl halides is 3. The molecule has 4 heterocycles. The first-order valence-electron chi connectivity index (χ1n) is 12.0. The van der Waals surface area contributed by atoms with Gasteiger partial charge in [-0.2, -0.15) is 13.2 Å². The van der Waals surface area contributed by atoms with E-state index in [0.29, 0.717) is 18.2 Å². The van der Waals surface area contributed by atoms with Crippen LogP contribution in [-0.4, -0.2) is 64.1 Å². The molecule has 0 radical (unpaired) electrons. The van der Waals surface area contributed by atoms with Crippen LogP contribution in [0.3, 0.4) is 0 Å². The summed E-state index contributed by atoms with van der Waals surface area (Å²) in [5.41, 5.74) is 1.20. The third kappa shape index (κ3) is 5.85. The van der Waals surface area contributed by atoms with Crippen LogP contribution in [0.15, 0.2) is 53.8 Å². The molecule has 1 saturated heterocycles. The highest BCUT2D eigenvalue weighted by Gasteiger charge is 2.33. The first-order valence-corrected chi connectivity index (χ1v) is 13.8. The van der Waals surface area contributed by atoms with E-state index >= 15 is 0 Å². The van der Waals surface area contributed by atoms with Gasteiger partial charge in [0, 0.05) is 35.9 Å². The Morgan fingerprint density at radius 3 is 2.62 bits per heavy atom. The van der Waals surface area contributed by atoms with Crippen molar-refractivity contribution in [3.8, 4) is 11.4 Å². The van der Waals surface area contributed by atoms with E-state index in [0.717, 1.165) is 15.7 Å². The molecule has 1 aliphatic rings. The predicted octanol–water partition coefficient (Wildman–Crippen LogP) is 5.27. The van der Waals surface area contributed by atoms with Crippen LogP contribution >= 0.6 is 11.6 Å². The van der Waals surface area contributed by atoms with Gasteiger partial charge in [0.2, 0.25) is 0 Å². The molecule has 8 nitrogen and oxygen atoms in total. The van der Waals surface area contributed by atoms with Crippen LogP contribution < -0.4 is 5.32 Å². The minimum Gasteiger partial charge on any atom is -0.363 e. The summed E-state index contributed by atoms with van der Waals surface area (Å²) < 4.78 is 81.3. The van der Waals surface area contributed by atoms with Gasteiger partial charge >= 0.3 is 6.18 Å². The van der Waals surface area contributed by atoms with Gasteiger partial charge in [0.25, 0.3) is 10.0 Å². The fraction of sp³-hybridized carbons (Fsp3) is 0.320. The molecule has 206 valence electrons. The molecule has 4 aromatic rings. The average molecular weight is 583 g/mol. The van der Waals surface area contributed by atoms with Crippen LogP contribution in [0.25, 0.3) is 22.4 Å². The highest BCUT2D eigenvalue weighted by molar-refractivity contribution is 7.90. The van der Waals surface area contributed by atoms with Crippen molar-refractivity contribution < 1.29 is 26.0 Å². The molecule has 39 heavy (non-hydrogen) atoms. The van der Waals surface area contributed by atoms with Crippen LogP contribution in [0.5, 0.6) is 0 Å². The standard InChI is InChI=1S/C25H23ClF4N6O2S/c1-15-4-6-18(7-5-15)39(37,38)36-13-20(19-9-16(26)10-32-24(19)36)22-31-11-21(27)23(34-22)33-17-3-2-8-35(12-17)14-25(28,29)30/h4-7,9-11,13,17H,2-3,8,12,14H2,1H3,(H,31,33,34). The maximum absolute atomic E-state index is 14.7. The third-order valence-corrected chi connectivity index (χ3v) is 8.26. The maximum Gasteiger partial charge on any atom is 0.401 e. The summed E-state index contributed by atoms with van der Waals surface area (Å²) in [6, 6.07) is 7.34. The lowest BCUT2D eigenvalue weighted by Gasteiger charge is -2.33. The fourth-order valence-electron chi connectivity index (χ4n) is 4.60. The number of piperidine rings is 1. The Balaban J connectivity index is 1.52. The molecule has 1 N–H and O–H groups in total. The molecule has 0 bridgehead atoms. The number of halogens is 5. The third-order valence-electron chi connectivity index (χ3n) is 6.39. The lowest BCUT2D eigenvalue weighted by molar-refractivity contribution is -0.147. The van der Waals surface area contributed by atoms with E-state index in [1.807, 2.05) is 6.92 Å². The number of hydrogen-bond donors (Lipinski definition) is 1. The van der Waals surface area contributed by atoms with Crippen molar-refractivity contribution in [3.63, 3.8) is 0 Å². The van der Waals surface area contributed by atoms with Gasteiger partial charge in [0.05, 0.1) is 22.7 Å². The second kappa shape index (κ2) is 10.4. The second-order valence-corrected chi connectivity index (χ2v) is 11.7. The van der Waals surface area contributed by atoms with Crippen molar-refractivity contribution in [2.75, 3.05) is 25.0 Å². The van der Waals surface area contributed by atoms with Gasteiger partial charge < -0.3 is 5.32 Å². The monoisotopic (exact) mass is 582 g/mol. The number of anilines is 1. The molecule has 3 aromatic heterocycles. The molecule has 0 aliphatic carbocycles. The number of aryl methyl sites for hydroxylation is 1. The molecule has 0 saturated carbocycles. The largest absolute Gasteiger partial charge is 0.401 e. The van der Waals surface area contributed by atoms with E-state index in [1.54, 1.807) is 12.1 Å². The van der Waals surface area contributed by atoms with E-state index < -0.39 is 34.6 Å². The number of rotatable bonds is 6. The lowest BCUT2D eigenvalue weighted by Crippen LogP contribution is -2.46. The summed E-state index contributed by atoms with van der Waals surface area (Å²) in [5.74, 6) is -0.996. The van der Waals surface area contributed by atoms with Crippen molar-refractivity contribution in [2.45, 2.75) is 36.9 Å². The van der Waals surface area contributed by atoms with Gasteiger partial charge in [0.15, 0.2) is 23.1 Å². The molecule has 14 heteroatoms. The summed E-state index contributed by atoms with van der Waals surface area (Å²) >= 11 is 6.16. The minimum absolute atomic E-state index is 0.00576. The van der Waals surface area contributed by atoms with Gasteiger partial charge in [-0.05, 0) is 44.5 Å². The van der Waals surface area contributed by atoms with Crippen LogP contribution in [0.2, 0.25) is 5.02 Å². The average Bonchev–Trinajstić information content (AvgIpc) is 3.24. The highest BCUT2D eigenvalue weighted by Crippen LogP contribution is 2.33. The quantitative estimate of drug-likeness (QED) is 0.310. The predicted molar refractivity (Wildman–Crippen MR) is 139 cm³/mol. The van der Waals surface area contributed by atoms with E-state index in [2.05, 4.69) is 20.3 Å². The molecular formula is C25H23ClF4N6O2S. The number of nitrogens with one attached hydrogen (secondary N) is 1. The van der Waals surface area contributed by atoms with Gasteiger partial charge in [-0.25, -0.2) is 31.7 Å². The second-order valence-electron chi connectivity index (χ2n) is 9.41. The molecule has 0 amide bonds. The zero-order valence-electron chi connectivity index (χ0n) is 20.6. The van der Waals surface area contributed by atoms with E-state index in [9.17, 15) is 26.0 Å². The minimum atomic E-state index is -4.34. The van der Waals surface area contributed by atoms with Crippen molar-refractivity contribution in [1.82, 2.24) is 23.8 Å². The molecule has 1 fully saturated rings. The Morgan fingerprint density at radius 1 is 1.15 bits per heavy atom. The number of hydrogen-bond acceptors (Lipinski definition) is 7. The SMILES string of the molecule is Cc1ccc(S(=O)(=O)n2cc(-c3ncc(F)c(NC4CCCN(CC(F)(F)F)C4)n3)c3cc(Cl)cnc32)cc1. The molecule has 1 aromatic carbocycles. The first-order chi connectivity index (χ1) is 18.4. The molecular weight excluding hydrogens is 560 g/mol. The van der Waals surface area contributed by atoms with Crippen molar-refractivity contribution in [2.24, 2.45) is 0 Å². The van der Waals surface area contributed by atoms with Gasteiger partial charge in [0.1, 0.15) is 0 Å². The van der Waals surface area contributed by atoms with Gasteiger partial charge in [-0.3, -0.25) is 4.90 Å². The summed E-state index contributed by atoms with van der Waals surface area (Å²) in [4.78, 5) is 13.9. The van der Waals surface area contributed by atoms with Crippen molar-refractivity contribution in [3.05, 3.63) is 65.3 Å². The van der Waals surface area contributed by atoms with Gasteiger partial charge in [-0.1, -0.05) is 29.3 Å². The number of pyridine rings is 1. The lowest BCUT2D eigenvalue weighted by atomic mass is 10.1. The number of benzene rings is 1. The number of aromatic nitrogens is 4. The Bertz CT molecular complexity index is 1630. The Morgan fingerprint density at radius 2 is 1.90 bits per heavy atom. The molecule has 1 atom stereocenters. The zero-order chi connectivity index (χ0) is 27.9. The molecule has 1 aliphatic heterocycles. The van der Waals surface area contributed by atoms with Crippen molar-refractivity contribution >= 4 is 38.5 Å². The normalized spacial score (nSPS) is 17.0. The Hall–Kier alpha value is -3.29. The topological polar surface area (TPSA) is 93.0 Å². The zero-order valence-corrected chi connectivity index (χ0v) is 22.2.